The Kier molecular flexibility index (Phi) is 5.09. The quantitative estimate of drug-likeness (QED) is 0.808. The van der Waals surface area contributed by atoms with Crippen molar-refractivity contribution in [1.82, 2.24) is 24.4 Å². The van der Waals surface area contributed by atoms with Crippen LogP contribution < -0.4 is 5.32 Å². The largest absolute Gasteiger partial charge is 0.318 e. The van der Waals surface area contributed by atoms with E-state index in [1.807, 2.05) is 14.0 Å². The van der Waals surface area contributed by atoms with Gasteiger partial charge in [-0.3, -0.25) is 4.68 Å². The molecule has 0 fully saturated rings. The third kappa shape index (κ3) is 3.67. The highest BCUT2D eigenvalue weighted by atomic mass is 32.2. The monoisotopic (exact) mass is 329 g/mol. The number of likely N-dealkylation sites (N-methyl/N-ethyl adjacent to an activating group) is 1. The Morgan fingerprint density at radius 1 is 1.48 bits per heavy atom. The van der Waals surface area contributed by atoms with Crippen molar-refractivity contribution in [3.63, 3.8) is 0 Å². The van der Waals surface area contributed by atoms with E-state index in [1.165, 1.54) is 21.8 Å². The van der Waals surface area contributed by atoms with Gasteiger partial charge in [-0.15, -0.1) is 11.3 Å². The van der Waals surface area contributed by atoms with Gasteiger partial charge in [0.1, 0.15) is 4.90 Å². The van der Waals surface area contributed by atoms with Crippen LogP contribution >= 0.6 is 11.3 Å². The molecule has 0 aromatic carbocycles. The van der Waals surface area contributed by atoms with Crippen LogP contribution in [0.25, 0.3) is 0 Å². The number of hydrogen-bond donors (Lipinski definition) is 1. The number of nitrogens with one attached hydrogen (secondary N) is 1. The fourth-order valence-electron chi connectivity index (χ4n) is 1.77. The predicted octanol–water partition coefficient (Wildman–Crippen LogP) is 0.688. The highest BCUT2D eigenvalue weighted by Gasteiger charge is 2.23. The molecule has 7 nitrogen and oxygen atoms in total. The van der Waals surface area contributed by atoms with Crippen LogP contribution in [0.3, 0.4) is 0 Å². The molecular formula is C12H19N5O2S2. The minimum atomic E-state index is -3.53. The molecule has 2 aromatic heterocycles. The first kappa shape index (κ1) is 16.1. The Bertz CT molecular complexity index is 692. The first-order valence-corrected chi connectivity index (χ1v) is 8.79. The van der Waals surface area contributed by atoms with Gasteiger partial charge < -0.3 is 5.32 Å². The van der Waals surface area contributed by atoms with E-state index in [2.05, 4.69) is 15.4 Å². The number of hydrogen-bond acceptors (Lipinski definition) is 6. The Morgan fingerprint density at radius 2 is 2.24 bits per heavy atom. The van der Waals surface area contributed by atoms with Crippen molar-refractivity contribution in [3.05, 3.63) is 28.5 Å². The molecule has 0 spiro atoms. The average Bonchev–Trinajstić information content (AvgIpc) is 3.06. The molecule has 2 aromatic rings. The first-order chi connectivity index (χ1) is 9.95. The molecule has 0 saturated heterocycles. The van der Waals surface area contributed by atoms with E-state index in [1.54, 1.807) is 23.4 Å². The summed E-state index contributed by atoms with van der Waals surface area (Å²) in [6.45, 7) is 3.56. The van der Waals surface area contributed by atoms with Crippen molar-refractivity contribution in [2.45, 2.75) is 24.9 Å². The topological polar surface area (TPSA) is 80.1 Å². The average molecular weight is 329 g/mol. The van der Waals surface area contributed by atoms with Gasteiger partial charge in [-0.1, -0.05) is 0 Å². The fourth-order valence-corrected chi connectivity index (χ4v) is 3.78. The van der Waals surface area contributed by atoms with Gasteiger partial charge in [0.15, 0.2) is 0 Å². The number of thiazole rings is 1. The summed E-state index contributed by atoms with van der Waals surface area (Å²) < 4.78 is 27.9. The molecule has 0 aliphatic rings. The Labute approximate surface area is 128 Å². The molecule has 2 rings (SSSR count). The summed E-state index contributed by atoms with van der Waals surface area (Å²) in [5, 5.41) is 7.07. The van der Waals surface area contributed by atoms with E-state index in [0.29, 0.717) is 13.1 Å². The molecule has 0 aliphatic heterocycles. The van der Waals surface area contributed by atoms with E-state index in [4.69, 9.17) is 0 Å². The van der Waals surface area contributed by atoms with E-state index in [0.717, 1.165) is 17.1 Å². The molecule has 2 heterocycles. The number of aryl methyl sites for hydroxylation is 1. The second kappa shape index (κ2) is 6.65. The van der Waals surface area contributed by atoms with E-state index in [-0.39, 0.29) is 4.90 Å². The zero-order chi connectivity index (χ0) is 15.5. The standard InChI is InChI=1S/C12H19N5O2S2/c1-10-12(20-9-14-10)8-16(3)21(18,19)11-6-15-17(7-11)5-4-13-2/h6-7,9,13H,4-5,8H2,1-3H3. The molecule has 116 valence electrons. The highest BCUT2D eigenvalue weighted by Crippen LogP contribution is 2.19. The van der Waals surface area contributed by atoms with Crippen molar-refractivity contribution in [3.8, 4) is 0 Å². The third-order valence-corrected chi connectivity index (χ3v) is 5.80. The van der Waals surface area contributed by atoms with Crippen molar-refractivity contribution in [1.29, 1.82) is 0 Å². The molecule has 0 aliphatic carbocycles. The summed E-state index contributed by atoms with van der Waals surface area (Å²) in [5.74, 6) is 0. The maximum atomic E-state index is 12.5. The zero-order valence-corrected chi connectivity index (χ0v) is 13.9. The summed E-state index contributed by atoms with van der Waals surface area (Å²) in [6.07, 6.45) is 2.95. The minimum Gasteiger partial charge on any atom is -0.318 e. The second-order valence-corrected chi connectivity index (χ2v) is 7.65. The molecule has 0 bridgehead atoms. The molecule has 21 heavy (non-hydrogen) atoms. The van der Waals surface area contributed by atoms with Gasteiger partial charge in [-0.25, -0.2) is 13.4 Å². The van der Waals surface area contributed by atoms with Crippen molar-refractivity contribution in [2.75, 3.05) is 20.6 Å². The van der Waals surface area contributed by atoms with Gasteiger partial charge >= 0.3 is 0 Å². The van der Waals surface area contributed by atoms with Gasteiger partial charge in [0.25, 0.3) is 0 Å². The SMILES string of the molecule is CNCCn1cc(S(=O)(=O)N(C)Cc2scnc2C)cn1. The van der Waals surface area contributed by atoms with Crippen molar-refractivity contribution in [2.24, 2.45) is 0 Å². The van der Waals surface area contributed by atoms with Gasteiger partial charge in [-0.2, -0.15) is 9.40 Å². The lowest BCUT2D eigenvalue weighted by Crippen LogP contribution is -2.26. The van der Waals surface area contributed by atoms with Gasteiger partial charge in [0.05, 0.1) is 23.9 Å². The summed E-state index contributed by atoms with van der Waals surface area (Å²) in [7, 11) is -0.119. The summed E-state index contributed by atoms with van der Waals surface area (Å²) in [4.78, 5) is 5.30. The fraction of sp³-hybridized carbons (Fsp3) is 0.500. The number of aromatic nitrogens is 3. The van der Waals surface area contributed by atoms with Crippen LogP contribution in [0.2, 0.25) is 0 Å². The summed E-state index contributed by atoms with van der Waals surface area (Å²) >= 11 is 1.46. The second-order valence-electron chi connectivity index (χ2n) is 4.66. The Hall–Kier alpha value is -1.29. The number of nitrogens with zero attached hydrogens (tertiary/aromatic N) is 4. The molecular weight excluding hydrogens is 310 g/mol. The molecule has 1 N–H and O–H groups in total. The van der Waals surface area contributed by atoms with Crippen molar-refractivity contribution < 1.29 is 8.42 Å². The van der Waals surface area contributed by atoms with Crippen LogP contribution in [0, 0.1) is 6.92 Å². The molecule has 9 heteroatoms. The van der Waals surface area contributed by atoms with Crippen molar-refractivity contribution >= 4 is 21.4 Å². The van der Waals surface area contributed by atoms with Gasteiger partial charge in [0, 0.05) is 31.2 Å². The molecule has 0 radical (unpaired) electrons. The van der Waals surface area contributed by atoms with E-state index in [9.17, 15) is 8.42 Å². The maximum absolute atomic E-state index is 12.5. The lowest BCUT2D eigenvalue weighted by atomic mass is 10.4. The van der Waals surface area contributed by atoms with E-state index < -0.39 is 10.0 Å². The Morgan fingerprint density at radius 3 is 2.86 bits per heavy atom. The summed E-state index contributed by atoms with van der Waals surface area (Å²) in [5.41, 5.74) is 2.59. The normalized spacial score (nSPS) is 12.2. The summed E-state index contributed by atoms with van der Waals surface area (Å²) in [6, 6.07) is 0. The third-order valence-electron chi connectivity index (χ3n) is 3.12. The molecule has 0 atom stereocenters. The van der Waals surface area contributed by atoms with Crippen LogP contribution in [0.1, 0.15) is 10.6 Å². The van der Waals surface area contributed by atoms with Crippen LogP contribution in [-0.4, -0.2) is 48.1 Å². The lowest BCUT2D eigenvalue weighted by molar-refractivity contribution is 0.468. The number of sulfonamides is 1. The number of rotatable bonds is 7. The molecule has 0 amide bonds. The van der Waals surface area contributed by atoms with E-state index >= 15 is 0 Å². The smallest absolute Gasteiger partial charge is 0.246 e. The lowest BCUT2D eigenvalue weighted by Gasteiger charge is -2.15. The highest BCUT2D eigenvalue weighted by molar-refractivity contribution is 7.89. The Balaban J connectivity index is 2.13. The van der Waals surface area contributed by atoms with Crippen LogP contribution in [0.15, 0.2) is 22.8 Å². The van der Waals surface area contributed by atoms with Crippen LogP contribution in [-0.2, 0) is 23.1 Å². The van der Waals surface area contributed by atoms with Crippen LogP contribution in [0.5, 0.6) is 0 Å². The first-order valence-electron chi connectivity index (χ1n) is 6.47. The molecule has 0 unspecified atom stereocenters. The van der Waals surface area contributed by atoms with Gasteiger partial charge in [-0.05, 0) is 14.0 Å². The maximum Gasteiger partial charge on any atom is 0.246 e. The van der Waals surface area contributed by atoms with Gasteiger partial charge in [0.2, 0.25) is 10.0 Å². The van der Waals surface area contributed by atoms with Crippen LogP contribution in [0.4, 0.5) is 0 Å². The predicted molar refractivity (Wildman–Crippen MR) is 81.7 cm³/mol. The zero-order valence-electron chi connectivity index (χ0n) is 12.3. The molecule has 0 saturated carbocycles. The minimum absolute atomic E-state index is 0.211.